The molecule has 2 rings (SSSR count). The van der Waals surface area contributed by atoms with E-state index in [1.807, 2.05) is 6.92 Å². The van der Waals surface area contributed by atoms with Crippen molar-refractivity contribution in [1.29, 1.82) is 0 Å². The van der Waals surface area contributed by atoms with Crippen molar-refractivity contribution in [1.82, 2.24) is 5.32 Å². The van der Waals surface area contributed by atoms with E-state index in [-0.39, 0.29) is 10.8 Å². The molecule has 28 heavy (non-hydrogen) atoms. The third kappa shape index (κ3) is 6.55. The fraction of sp³-hybridized carbons (Fsp3) is 0.222. The minimum Gasteiger partial charge on any atom is -0.491 e. The highest BCUT2D eigenvalue weighted by Crippen LogP contribution is 2.27. The molecule has 148 valence electrons. The van der Waals surface area contributed by atoms with Crippen LogP contribution >= 0.6 is 28.1 Å². The van der Waals surface area contributed by atoms with Gasteiger partial charge in [-0.05, 0) is 59.3 Å². The van der Waals surface area contributed by atoms with Crippen LogP contribution in [0.4, 0.5) is 11.4 Å². The first-order valence-electron chi connectivity index (χ1n) is 8.27. The lowest BCUT2D eigenvalue weighted by molar-refractivity contribution is -0.384. The van der Waals surface area contributed by atoms with Crippen molar-refractivity contribution in [2.45, 2.75) is 6.92 Å². The lowest BCUT2D eigenvalue weighted by Crippen LogP contribution is -2.34. The summed E-state index contributed by atoms with van der Waals surface area (Å²) in [5.41, 5.74) is 0.804. The first-order valence-corrected chi connectivity index (χ1v) is 9.47. The number of benzene rings is 2. The highest BCUT2D eigenvalue weighted by Gasteiger charge is 2.12. The van der Waals surface area contributed by atoms with Gasteiger partial charge >= 0.3 is 0 Å². The second kappa shape index (κ2) is 10.7. The predicted octanol–water partition coefficient (Wildman–Crippen LogP) is 3.90. The number of amides is 1. The Hall–Kier alpha value is -2.56. The van der Waals surface area contributed by atoms with Crippen LogP contribution in [0.1, 0.15) is 17.3 Å². The standard InChI is InChI=1S/C18H18BrN3O5S/c1-2-26-8-9-27-14-5-3-4-12(10-14)17(23)21-18(28)20-16-7-6-13(22(24)25)11-15(16)19/h3-7,10-11H,2,8-9H2,1H3,(H2,20,21,23,28). The van der Waals surface area contributed by atoms with Crippen LogP contribution in [-0.2, 0) is 4.74 Å². The molecule has 8 nitrogen and oxygen atoms in total. The number of nitro benzene ring substituents is 1. The zero-order valence-electron chi connectivity index (χ0n) is 14.9. The Balaban J connectivity index is 1.95. The number of carbonyl (C=O) groups is 1. The van der Waals surface area contributed by atoms with Crippen LogP contribution in [0, 0.1) is 10.1 Å². The predicted molar refractivity (Wildman–Crippen MR) is 113 cm³/mol. The van der Waals surface area contributed by atoms with Gasteiger partial charge in [-0.25, -0.2) is 0 Å². The molecule has 0 radical (unpaired) electrons. The fourth-order valence-electron chi connectivity index (χ4n) is 2.14. The Bertz CT molecular complexity index is 878. The van der Waals surface area contributed by atoms with Gasteiger partial charge in [0.2, 0.25) is 0 Å². The molecule has 2 aromatic rings. The van der Waals surface area contributed by atoms with Crippen molar-refractivity contribution in [3.63, 3.8) is 0 Å². The maximum Gasteiger partial charge on any atom is 0.270 e. The number of halogens is 1. The lowest BCUT2D eigenvalue weighted by Gasteiger charge is -2.12. The molecule has 0 spiro atoms. The largest absolute Gasteiger partial charge is 0.491 e. The Morgan fingerprint density at radius 1 is 1.25 bits per heavy atom. The topological polar surface area (TPSA) is 103 Å². The van der Waals surface area contributed by atoms with Crippen LogP contribution in [0.2, 0.25) is 0 Å². The molecule has 2 N–H and O–H groups in total. The Morgan fingerprint density at radius 2 is 2.04 bits per heavy atom. The van der Waals surface area contributed by atoms with Crippen LogP contribution in [-0.4, -0.2) is 35.8 Å². The van der Waals surface area contributed by atoms with Gasteiger partial charge in [0, 0.05) is 28.8 Å². The first kappa shape index (κ1) is 21.7. The molecule has 0 unspecified atom stereocenters. The van der Waals surface area contributed by atoms with Crippen LogP contribution in [0.5, 0.6) is 5.75 Å². The maximum absolute atomic E-state index is 12.4. The van der Waals surface area contributed by atoms with E-state index in [2.05, 4.69) is 26.6 Å². The number of hydrogen-bond donors (Lipinski definition) is 2. The molecule has 1 amide bonds. The van der Waals surface area contributed by atoms with Gasteiger partial charge in [-0.1, -0.05) is 6.07 Å². The summed E-state index contributed by atoms with van der Waals surface area (Å²) in [4.78, 5) is 22.7. The van der Waals surface area contributed by atoms with Gasteiger partial charge in [-0.15, -0.1) is 0 Å². The van der Waals surface area contributed by atoms with Crippen LogP contribution < -0.4 is 15.4 Å². The maximum atomic E-state index is 12.4. The zero-order valence-corrected chi connectivity index (χ0v) is 17.3. The summed E-state index contributed by atoms with van der Waals surface area (Å²) in [6.45, 7) is 3.36. The summed E-state index contributed by atoms with van der Waals surface area (Å²) in [6.07, 6.45) is 0. The minimum atomic E-state index is -0.502. The number of anilines is 1. The summed E-state index contributed by atoms with van der Waals surface area (Å²) >= 11 is 8.38. The van der Waals surface area contributed by atoms with Gasteiger partial charge in [-0.3, -0.25) is 20.2 Å². The number of nitro groups is 1. The van der Waals surface area contributed by atoms with E-state index < -0.39 is 10.8 Å². The summed E-state index contributed by atoms with van der Waals surface area (Å²) in [7, 11) is 0. The lowest BCUT2D eigenvalue weighted by atomic mass is 10.2. The molecule has 0 fully saturated rings. The number of hydrogen-bond acceptors (Lipinski definition) is 6. The summed E-state index contributed by atoms with van der Waals surface area (Å²) in [5.74, 6) is 0.134. The van der Waals surface area contributed by atoms with E-state index >= 15 is 0 Å². The smallest absolute Gasteiger partial charge is 0.270 e. The van der Waals surface area contributed by atoms with Gasteiger partial charge in [0.05, 0.1) is 17.2 Å². The second-order valence-electron chi connectivity index (χ2n) is 5.40. The number of ether oxygens (including phenoxy) is 2. The minimum absolute atomic E-state index is 0.0576. The van der Waals surface area contributed by atoms with Crippen molar-refractivity contribution in [2.75, 3.05) is 25.1 Å². The fourth-order valence-corrected chi connectivity index (χ4v) is 2.81. The Labute approximate surface area is 175 Å². The number of non-ortho nitro benzene ring substituents is 1. The molecule has 0 atom stereocenters. The highest BCUT2D eigenvalue weighted by atomic mass is 79.9. The quantitative estimate of drug-likeness (QED) is 0.262. The molecular formula is C18H18BrN3O5S. The highest BCUT2D eigenvalue weighted by molar-refractivity contribution is 9.10. The van der Waals surface area contributed by atoms with Crippen LogP contribution in [0.25, 0.3) is 0 Å². The molecule has 2 aromatic carbocycles. The molecule has 0 aliphatic rings. The normalized spacial score (nSPS) is 10.2. The second-order valence-corrected chi connectivity index (χ2v) is 6.67. The number of carbonyl (C=O) groups excluding carboxylic acids is 1. The van der Waals surface area contributed by atoms with E-state index in [1.165, 1.54) is 18.2 Å². The van der Waals surface area contributed by atoms with Crippen LogP contribution in [0.3, 0.4) is 0 Å². The van der Waals surface area contributed by atoms with Crippen molar-refractivity contribution in [3.05, 3.63) is 62.6 Å². The van der Waals surface area contributed by atoms with E-state index in [0.717, 1.165) is 0 Å². The van der Waals surface area contributed by atoms with Gasteiger partial charge in [0.25, 0.3) is 11.6 Å². The summed E-state index contributed by atoms with van der Waals surface area (Å²) < 4.78 is 11.2. The molecular weight excluding hydrogens is 450 g/mol. The Morgan fingerprint density at radius 3 is 2.71 bits per heavy atom. The van der Waals surface area contributed by atoms with Gasteiger partial charge in [-0.2, -0.15) is 0 Å². The molecule has 0 aliphatic heterocycles. The molecule has 0 aromatic heterocycles. The third-order valence-corrected chi connectivity index (χ3v) is 4.30. The number of nitrogens with zero attached hydrogens (tertiary/aromatic N) is 1. The summed E-state index contributed by atoms with van der Waals surface area (Å²) in [5, 5.41) is 16.2. The number of thiocarbonyl (C=S) groups is 1. The first-order chi connectivity index (χ1) is 13.4. The Kier molecular flexibility index (Phi) is 8.30. The van der Waals surface area contributed by atoms with Gasteiger partial charge in [0.1, 0.15) is 12.4 Å². The number of rotatable bonds is 8. The van der Waals surface area contributed by atoms with E-state index in [0.29, 0.717) is 41.3 Å². The average molecular weight is 468 g/mol. The average Bonchev–Trinajstić information content (AvgIpc) is 2.67. The van der Waals surface area contributed by atoms with Crippen molar-refractivity contribution in [3.8, 4) is 5.75 Å². The van der Waals surface area contributed by atoms with E-state index in [1.54, 1.807) is 24.3 Å². The zero-order chi connectivity index (χ0) is 20.5. The van der Waals surface area contributed by atoms with Crippen molar-refractivity contribution >= 4 is 50.5 Å². The molecule has 0 saturated carbocycles. The van der Waals surface area contributed by atoms with Gasteiger partial charge in [0.15, 0.2) is 5.11 Å². The van der Waals surface area contributed by atoms with E-state index in [4.69, 9.17) is 21.7 Å². The molecule has 0 heterocycles. The summed E-state index contributed by atoms with van der Waals surface area (Å²) in [6, 6.07) is 10.9. The van der Waals surface area contributed by atoms with E-state index in [9.17, 15) is 14.9 Å². The molecule has 0 aliphatic carbocycles. The van der Waals surface area contributed by atoms with Gasteiger partial charge < -0.3 is 14.8 Å². The van der Waals surface area contributed by atoms with Crippen molar-refractivity contribution < 1.29 is 19.2 Å². The molecule has 0 saturated heterocycles. The monoisotopic (exact) mass is 467 g/mol. The number of nitrogens with one attached hydrogen (secondary N) is 2. The van der Waals surface area contributed by atoms with Crippen molar-refractivity contribution in [2.24, 2.45) is 0 Å². The van der Waals surface area contributed by atoms with Crippen LogP contribution in [0.15, 0.2) is 46.9 Å². The molecule has 10 heteroatoms. The third-order valence-electron chi connectivity index (χ3n) is 3.44. The SMILES string of the molecule is CCOCCOc1cccc(C(=O)NC(=S)Nc2ccc([N+](=O)[O-])cc2Br)c1. The molecule has 0 bridgehead atoms.